The summed E-state index contributed by atoms with van der Waals surface area (Å²) in [6.07, 6.45) is 5.84. The smallest absolute Gasteiger partial charge is 0.237 e. The molecular formula is C19H24N2O2. The molecule has 3 rings (SSSR count). The van der Waals surface area contributed by atoms with Gasteiger partial charge in [-0.1, -0.05) is 30.3 Å². The summed E-state index contributed by atoms with van der Waals surface area (Å²) in [6.45, 7) is 2.47. The number of hydrogen-bond acceptors (Lipinski definition) is 3. The predicted octanol–water partition coefficient (Wildman–Crippen LogP) is 2.99. The minimum atomic E-state index is 0.0146. The van der Waals surface area contributed by atoms with Gasteiger partial charge in [0.2, 0.25) is 5.91 Å². The van der Waals surface area contributed by atoms with Gasteiger partial charge in [0.05, 0.1) is 18.8 Å². The van der Waals surface area contributed by atoms with Crippen LogP contribution in [0.25, 0.3) is 0 Å². The zero-order valence-corrected chi connectivity index (χ0v) is 13.4. The number of carbonyl (C=O) groups excluding carboxylic acids is 1. The van der Waals surface area contributed by atoms with Crippen LogP contribution in [-0.2, 0) is 17.8 Å². The monoisotopic (exact) mass is 312 g/mol. The number of hydrogen-bond donors (Lipinski definition) is 1. The first-order chi connectivity index (χ1) is 11.3. The van der Waals surface area contributed by atoms with Gasteiger partial charge >= 0.3 is 0 Å². The molecule has 0 aliphatic carbocycles. The molecule has 1 saturated heterocycles. The summed E-state index contributed by atoms with van der Waals surface area (Å²) in [7, 11) is 0. The first-order valence-corrected chi connectivity index (χ1v) is 8.41. The summed E-state index contributed by atoms with van der Waals surface area (Å²) in [5, 5.41) is 2.99. The van der Waals surface area contributed by atoms with Crippen LogP contribution in [0.3, 0.4) is 0 Å². The molecule has 122 valence electrons. The van der Waals surface area contributed by atoms with Gasteiger partial charge in [0, 0.05) is 0 Å². The molecule has 0 unspecified atom stereocenters. The van der Waals surface area contributed by atoms with E-state index >= 15 is 0 Å². The van der Waals surface area contributed by atoms with Crippen LogP contribution in [0.4, 0.5) is 0 Å². The lowest BCUT2D eigenvalue weighted by molar-refractivity contribution is -0.125. The van der Waals surface area contributed by atoms with E-state index in [1.54, 1.807) is 6.26 Å². The first kappa shape index (κ1) is 15.8. The number of rotatable bonds is 7. The zero-order chi connectivity index (χ0) is 15.9. The van der Waals surface area contributed by atoms with E-state index in [1.165, 1.54) is 5.56 Å². The van der Waals surface area contributed by atoms with Crippen molar-refractivity contribution in [2.75, 3.05) is 13.1 Å². The molecule has 1 aromatic carbocycles. The van der Waals surface area contributed by atoms with Crippen molar-refractivity contribution in [2.24, 2.45) is 0 Å². The first-order valence-electron chi connectivity index (χ1n) is 8.41. The van der Waals surface area contributed by atoms with Crippen LogP contribution in [0.1, 0.15) is 30.6 Å². The van der Waals surface area contributed by atoms with Crippen molar-refractivity contribution in [3.8, 4) is 0 Å². The molecule has 1 aliphatic heterocycles. The number of nitrogens with one attached hydrogen (secondary N) is 1. The average Bonchev–Trinajstić information content (AvgIpc) is 3.25. The van der Waals surface area contributed by atoms with Crippen LogP contribution in [0.2, 0.25) is 0 Å². The molecule has 0 spiro atoms. The Morgan fingerprint density at radius 2 is 2.09 bits per heavy atom. The fourth-order valence-corrected chi connectivity index (χ4v) is 3.23. The van der Waals surface area contributed by atoms with Crippen LogP contribution in [0.5, 0.6) is 0 Å². The number of nitrogens with zero attached hydrogens (tertiary/aromatic N) is 1. The molecule has 1 aliphatic rings. The standard InChI is InChI=1S/C19H24N2O2/c22-19(20-15-17-10-6-14-23-17)18-11-5-13-21(18)12-4-9-16-7-2-1-3-8-16/h1-3,6-8,10,14,18H,4-5,9,11-13,15H2,(H,20,22)/t18-/m1/s1. The minimum Gasteiger partial charge on any atom is -0.467 e. The fraction of sp³-hybridized carbons (Fsp3) is 0.421. The molecule has 1 amide bonds. The third-order valence-electron chi connectivity index (χ3n) is 4.44. The third-order valence-corrected chi connectivity index (χ3v) is 4.44. The molecule has 1 N–H and O–H groups in total. The Hall–Kier alpha value is -2.07. The van der Waals surface area contributed by atoms with Gasteiger partial charge in [-0.15, -0.1) is 0 Å². The maximum absolute atomic E-state index is 12.4. The molecule has 4 heteroatoms. The number of benzene rings is 1. The number of amides is 1. The Balaban J connectivity index is 1.44. The summed E-state index contributed by atoms with van der Waals surface area (Å²) in [4.78, 5) is 14.7. The van der Waals surface area contributed by atoms with E-state index in [-0.39, 0.29) is 11.9 Å². The van der Waals surface area contributed by atoms with E-state index < -0.39 is 0 Å². The molecule has 23 heavy (non-hydrogen) atoms. The molecule has 0 radical (unpaired) electrons. The van der Waals surface area contributed by atoms with Gasteiger partial charge in [0.25, 0.3) is 0 Å². The van der Waals surface area contributed by atoms with E-state index in [0.29, 0.717) is 6.54 Å². The predicted molar refractivity (Wildman–Crippen MR) is 89.9 cm³/mol. The van der Waals surface area contributed by atoms with E-state index in [0.717, 1.165) is 44.5 Å². The van der Waals surface area contributed by atoms with Gasteiger partial charge < -0.3 is 9.73 Å². The van der Waals surface area contributed by atoms with Crippen LogP contribution in [-0.4, -0.2) is 29.9 Å². The van der Waals surface area contributed by atoms with E-state index in [1.807, 2.05) is 18.2 Å². The van der Waals surface area contributed by atoms with Gasteiger partial charge in [0.15, 0.2) is 0 Å². The van der Waals surface area contributed by atoms with Crippen molar-refractivity contribution >= 4 is 5.91 Å². The van der Waals surface area contributed by atoms with Crippen molar-refractivity contribution in [3.63, 3.8) is 0 Å². The summed E-state index contributed by atoms with van der Waals surface area (Å²) >= 11 is 0. The van der Waals surface area contributed by atoms with Crippen molar-refractivity contribution in [2.45, 2.75) is 38.3 Å². The summed E-state index contributed by atoms with van der Waals surface area (Å²) < 4.78 is 5.26. The molecular weight excluding hydrogens is 288 g/mol. The number of carbonyl (C=O) groups is 1. The summed E-state index contributed by atoms with van der Waals surface area (Å²) in [5.41, 5.74) is 1.37. The lowest BCUT2D eigenvalue weighted by Gasteiger charge is -2.23. The Bertz CT molecular complexity index is 595. The van der Waals surface area contributed by atoms with Gasteiger partial charge in [0.1, 0.15) is 5.76 Å². The summed E-state index contributed by atoms with van der Waals surface area (Å²) in [5.74, 6) is 0.922. The van der Waals surface area contributed by atoms with E-state index in [9.17, 15) is 4.79 Å². The number of likely N-dealkylation sites (tertiary alicyclic amines) is 1. The lowest BCUT2D eigenvalue weighted by atomic mass is 10.1. The SMILES string of the molecule is O=C(NCc1ccco1)[C@H]1CCCN1CCCc1ccccc1. The highest BCUT2D eigenvalue weighted by atomic mass is 16.3. The molecule has 4 nitrogen and oxygen atoms in total. The third kappa shape index (κ3) is 4.45. The topological polar surface area (TPSA) is 45.5 Å². The van der Waals surface area contributed by atoms with Crippen molar-refractivity contribution in [3.05, 3.63) is 60.1 Å². The highest BCUT2D eigenvalue weighted by Gasteiger charge is 2.29. The molecule has 0 bridgehead atoms. The van der Waals surface area contributed by atoms with Crippen LogP contribution < -0.4 is 5.32 Å². The molecule has 2 heterocycles. The quantitative estimate of drug-likeness (QED) is 0.855. The second-order valence-corrected chi connectivity index (χ2v) is 6.08. The molecule has 0 saturated carbocycles. The van der Waals surface area contributed by atoms with Crippen molar-refractivity contribution in [1.29, 1.82) is 0 Å². The molecule has 1 atom stereocenters. The van der Waals surface area contributed by atoms with Crippen LogP contribution in [0.15, 0.2) is 53.1 Å². The molecule has 1 fully saturated rings. The Labute approximate surface area is 137 Å². The Kier molecular flexibility index (Phi) is 5.48. The maximum Gasteiger partial charge on any atom is 0.237 e. The van der Waals surface area contributed by atoms with Crippen LogP contribution >= 0.6 is 0 Å². The lowest BCUT2D eigenvalue weighted by Crippen LogP contribution is -2.43. The second-order valence-electron chi connectivity index (χ2n) is 6.08. The number of furan rings is 1. The highest BCUT2D eigenvalue weighted by molar-refractivity contribution is 5.81. The van der Waals surface area contributed by atoms with Gasteiger partial charge in [-0.2, -0.15) is 0 Å². The second kappa shape index (κ2) is 7.97. The Morgan fingerprint density at radius 1 is 1.22 bits per heavy atom. The molecule has 1 aromatic heterocycles. The largest absolute Gasteiger partial charge is 0.467 e. The normalized spacial score (nSPS) is 18.2. The van der Waals surface area contributed by atoms with Crippen molar-refractivity contribution < 1.29 is 9.21 Å². The minimum absolute atomic E-state index is 0.0146. The van der Waals surface area contributed by atoms with E-state index in [4.69, 9.17) is 4.42 Å². The average molecular weight is 312 g/mol. The van der Waals surface area contributed by atoms with Crippen LogP contribution in [0, 0.1) is 0 Å². The summed E-state index contributed by atoms with van der Waals surface area (Å²) in [6, 6.07) is 14.3. The van der Waals surface area contributed by atoms with E-state index in [2.05, 4.69) is 34.5 Å². The van der Waals surface area contributed by atoms with Gasteiger partial charge in [-0.3, -0.25) is 9.69 Å². The van der Waals surface area contributed by atoms with Gasteiger partial charge in [-0.05, 0) is 56.5 Å². The number of aryl methyl sites for hydroxylation is 1. The van der Waals surface area contributed by atoms with Gasteiger partial charge in [-0.25, -0.2) is 0 Å². The molecule has 2 aromatic rings. The van der Waals surface area contributed by atoms with Crippen molar-refractivity contribution in [1.82, 2.24) is 10.2 Å². The zero-order valence-electron chi connectivity index (χ0n) is 13.4. The fourth-order valence-electron chi connectivity index (χ4n) is 3.23. The Morgan fingerprint density at radius 3 is 2.87 bits per heavy atom. The maximum atomic E-state index is 12.4. The highest BCUT2D eigenvalue weighted by Crippen LogP contribution is 2.18.